The summed E-state index contributed by atoms with van der Waals surface area (Å²) < 4.78 is 11.2. The van der Waals surface area contributed by atoms with Crippen LogP contribution in [0.5, 0.6) is 5.75 Å². The Kier molecular flexibility index (Phi) is 4.02. The molecule has 0 spiro atoms. The Bertz CT molecular complexity index is 927. The quantitative estimate of drug-likeness (QED) is 0.466. The van der Waals surface area contributed by atoms with E-state index in [-0.39, 0.29) is 24.6 Å². The molecule has 0 unspecified atom stereocenters. The normalized spacial score (nSPS) is 30.9. The van der Waals surface area contributed by atoms with Crippen molar-refractivity contribution in [1.29, 1.82) is 0 Å². The molecule has 3 aliphatic rings. The molecule has 2 fully saturated rings. The van der Waals surface area contributed by atoms with Gasteiger partial charge in [-0.25, -0.2) is 0 Å². The first kappa shape index (κ1) is 17.4. The van der Waals surface area contributed by atoms with E-state index < -0.39 is 17.4 Å². The zero-order valence-corrected chi connectivity index (χ0v) is 15.8. The van der Waals surface area contributed by atoms with Crippen molar-refractivity contribution in [2.24, 2.45) is 5.41 Å². The van der Waals surface area contributed by atoms with Gasteiger partial charge >= 0.3 is 11.9 Å². The minimum atomic E-state index is -1.32. The summed E-state index contributed by atoms with van der Waals surface area (Å²) in [6.07, 6.45) is 1.74. The van der Waals surface area contributed by atoms with Gasteiger partial charge in [-0.3, -0.25) is 14.5 Å². The topological polar surface area (TPSA) is 55.8 Å². The Balaban J connectivity index is 1.78. The third-order valence-corrected chi connectivity index (χ3v) is 6.53. The summed E-state index contributed by atoms with van der Waals surface area (Å²) in [6.45, 7) is 2.88. The summed E-state index contributed by atoms with van der Waals surface area (Å²) in [6, 6.07) is 17.5. The van der Waals surface area contributed by atoms with E-state index in [1.165, 1.54) is 0 Å². The Morgan fingerprint density at radius 1 is 1.18 bits per heavy atom. The van der Waals surface area contributed by atoms with Crippen LogP contribution in [-0.2, 0) is 14.3 Å². The zero-order chi connectivity index (χ0) is 19.3. The predicted octanol–water partition coefficient (Wildman–Crippen LogP) is 3.46. The average molecular weight is 377 g/mol. The predicted molar refractivity (Wildman–Crippen MR) is 103 cm³/mol. The third kappa shape index (κ3) is 2.17. The second-order valence-corrected chi connectivity index (χ2v) is 7.75. The maximum absolute atomic E-state index is 13.4. The highest BCUT2D eigenvalue weighted by Gasteiger charge is 2.72. The van der Waals surface area contributed by atoms with Gasteiger partial charge in [0, 0.05) is 23.6 Å². The SMILES string of the molecule is CCOC(=O)[C@]12C(=O)Oc3ccccc3[C@H]1[C@@H](c1ccccc1)N1CCC[C@@H]12. The molecule has 3 aliphatic heterocycles. The number of hydrogen-bond acceptors (Lipinski definition) is 5. The molecule has 144 valence electrons. The molecule has 5 nitrogen and oxygen atoms in total. The Morgan fingerprint density at radius 3 is 2.71 bits per heavy atom. The number of fused-ring (bicyclic) bond motifs is 5. The molecule has 2 aromatic carbocycles. The van der Waals surface area contributed by atoms with Crippen LogP contribution in [0.25, 0.3) is 0 Å². The van der Waals surface area contributed by atoms with Gasteiger partial charge in [0.25, 0.3) is 0 Å². The van der Waals surface area contributed by atoms with Crippen molar-refractivity contribution in [3.05, 3.63) is 65.7 Å². The maximum Gasteiger partial charge on any atom is 0.331 e. The van der Waals surface area contributed by atoms with Crippen LogP contribution in [0, 0.1) is 5.41 Å². The lowest BCUT2D eigenvalue weighted by Crippen LogP contribution is -2.55. The summed E-state index contributed by atoms with van der Waals surface area (Å²) >= 11 is 0. The average Bonchev–Trinajstić information content (AvgIpc) is 3.29. The Hall–Kier alpha value is -2.66. The van der Waals surface area contributed by atoms with E-state index in [1.807, 2.05) is 42.5 Å². The first-order valence-electron chi connectivity index (χ1n) is 9.98. The third-order valence-electron chi connectivity index (χ3n) is 6.53. The van der Waals surface area contributed by atoms with E-state index in [0.717, 1.165) is 30.5 Å². The van der Waals surface area contributed by atoms with Gasteiger partial charge in [0.2, 0.25) is 0 Å². The number of hydrogen-bond donors (Lipinski definition) is 0. The van der Waals surface area contributed by atoms with Crippen LogP contribution in [0.3, 0.4) is 0 Å². The van der Waals surface area contributed by atoms with E-state index >= 15 is 0 Å². The highest BCUT2D eigenvalue weighted by Crippen LogP contribution is 2.64. The second-order valence-electron chi connectivity index (χ2n) is 7.75. The smallest absolute Gasteiger partial charge is 0.331 e. The van der Waals surface area contributed by atoms with Crippen molar-refractivity contribution in [2.45, 2.75) is 37.8 Å². The standard InChI is InChI=1S/C23H23NO4/c1-2-27-21(25)23-18-13-8-14-24(18)20(15-9-4-3-5-10-15)19(23)16-11-6-7-12-17(16)28-22(23)26/h3-7,9-12,18-20H,2,8,13-14H2,1H3/t18-,19+,20-,23-/m1/s1. The van der Waals surface area contributed by atoms with Crippen LogP contribution in [0.1, 0.15) is 42.9 Å². The van der Waals surface area contributed by atoms with Crippen LogP contribution < -0.4 is 4.74 Å². The van der Waals surface area contributed by atoms with Crippen LogP contribution >= 0.6 is 0 Å². The van der Waals surface area contributed by atoms with E-state index in [4.69, 9.17) is 9.47 Å². The number of ether oxygens (including phenoxy) is 2. The minimum absolute atomic E-state index is 0.0629. The van der Waals surface area contributed by atoms with Gasteiger partial charge in [0.15, 0.2) is 5.41 Å². The van der Waals surface area contributed by atoms with E-state index in [9.17, 15) is 9.59 Å². The van der Waals surface area contributed by atoms with Gasteiger partial charge in [-0.05, 0) is 37.9 Å². The van der Waals surface area contributed by atoms with Crippen molar-refractivity contribution in [2.75, 3.05) is 13.2 Å². The summed E-state index contributed by atoms with van der Waals surface area (Å²) in [7, 11) is 0. The number of esters is 2. The van der Waals surface area contributed by atoms with Crippen LogP contribution in [0.15, 0.2) is 54.6 Å². The lowest BCUT2D eigenvalue weighted by atomic mass is 9.65. The Morgan fingerprint density at radius 2 is 1.93 bits per heavy atom. The van der Waals surface area contributed by atoms with Gasteiger partial charge in [-0.1, -0.05) is 48.5 Å². The summed E-state index contributed by atoms with van der Waals surface area (Å²) in [5.74, 6) is -0.684. The number of nitrogens with zero attached hydrogens (tertiary/aromatic N) is 1. The highest BCUT2D eigenvalue weighted by molar-refractivity contribution is 6.05. The van der Waals surface area contributed by atoms with Gasteiger partial charge in [0.05, 0.1) is 6.61 Å². The van der Waals surface area contributed by atoms with Crippen molar-refractivity contribution >= 4 is 11.9 Å². The van der Waals surface area contributed by atoms with E-state index in [2.05, 4.69) is 17.0 Å². The zero-order valence-electron chi connectivity index (χ0n) is 15.8. The molecule has 0 saturated carbocycles. The van der Waals surface area contributed by atoms with Crippen molar-refractivity contribution < 1.29 is 19.1 Å². The molecular formula is C23H23NO4. The maximum atomic E-state index is 13.4. The van der Waals surface area contributed by atoms with Gasteiger partial charge < -0.3 is 9.47 Å². The molecule has 28 heavy (non-hydrogen) atoms. The minimum Gasteiger partial charge on any atom is -0.465 e. The first-order chi connectivity index (χ1) is 13.7. The van der Waals surface area contributed by atoms with Crippen LogP contribution in [0.4, 0.5) is 0 Å². The highest BCUT2D eigenvalue weighted by atomic mass is 16.6. The van der Waals surface area contributed by atoms with E-state index in [0.29, 0.717) is 5.75 Å². The van der Waals surface area contributed by atoms with Crippen molar-refractivity contribution in [1.82, 2.24) is 4.90 Å². The second kappa shape index (κ2) is 6.45. The number of benzene rings is 2. The Labute approximate surface area is 164 Å². The molecule has 5 rings (SSSR count). The summed E-state index contributed by atoms with van der Waals surface area (Å²) in [5, 5.41) is 0. The number of rotatable bonds is 3. The monoisotopic (exact) mass is 377 g/mol. The number of carbonyl (C=O) groups is 2. The number of para-hydroxylation sites is 1. The molecule has 0 aromatic heterocycles. The molecular weight excluding hydrogens is 354 g/mol. The fourth-order valence-corrected chi connectivity index (χ4v) is 5.58. The molecule has 2 saturated heterocycles. The fraction of sp³-hybridized carbons (Fsp3) is 0.391. The van der Waals surface area contributed by atoms with Gasteiger partial charge in [-0.2, -0.15) is 0 Å². The summed E-state index contributed by atoms with van der Waals surface area (Å²) in [5.41, 5.74) is 0.718. The van der Waals surface area contributed by atoms with Gasteiger partial charge in [-0.15, -0.1) is 0 Å². The van der Waals surface area contributed by atoms with Crippen molar-refractivity contribution in [3.63, 3.8) is 0 Å². The summed E-state index contributed by atoms with van der Waals surface area (Å²) in [4.78, 5) is 29.2. The molecule has 0 N–H and O–H groups in total. The lowest BCUT2D eigenvalue weighted by molar-refractivity contribution is -0.171. The molecule has 0 amide bonds. The molecule has 3 heterocycles. The molecule has 2 aromatic rings. The molecule has 0 aliphatic carbocycles. The number of carbonyl (C=O) groups excluding carboxylic acids is 2. The largest absolute Gasteiger partial charge is 0.465 e. The van der Waals surface area contributed by atoms with Crippen molar-refractivity contribution in [3.8, 4) is 5.75 Å². The lowest BCUT2D eigenvalue weighted by Gasteiger charge is -2.39. The van der Waals surface area contributed by atoms with Crippen LogP contribution in [0.2, 0.25) is 0 Å². The molecule has 4 atom stereocenters. The van der Waals surface area contributed by atoms with Crippen LogP contribution in [-0.4, -0.2) is 36.0 Å². The molecule has 5 heteroatoms. The molecule has 0 radical (unpaired) electrons. The van der Waals surface area contributed by atoms with Gasteiger partial charge in [0.1, 0.15) is 5.75 Å². The first-order valence-corrected chi connectivity index (χ1v) is 9.98. The fourth-order valence-electron chi connectivity index (χ4n) is 5.58. The molecule has 0 bridgehead atoms. The van der Waals surface area contributed by atoms with E-state index in [1.54, 1.807) is 6.92 Å².